The minimum atomic E-state index is -2.23. The Bertz CT molecular complexity index is 1030. The third-order valence-corrected chi connectivity index (χ3v) is 3.71. The van der Waals surface area contributed by atoms with Crippen molar-refractivity contribution in [2.45, 2.75) is 12.8 Å². The second-order valence-electron chi connectivity index (χ2n) is 5.28. The normalized spacial score (nSPS) is 11.3. The number of hydrogen-bond donors (Lipinski definition) is 2. The summed E-state index contributed by atoms with van der Waals surface area (Å²) in [5.74, 6) is -9.85. The highest BCUT2D eigenvalue weighted by Crippen LogP contribution is 2.35. The molecular formula is C15H9F3N4O4. The molecule has 2 heterocycles. The first-order valence-corrected chi connectivity index (χ1v) is 7.03. The molecule has 0 aliphatic rings. The molecule has 0 unspecified atom stereocenters. The number of aromatic nitrogens is 4. The Morgan fingerprint density at radius 3 is 2.19 bits per heavy atom. The second kappa shape index (κ2) is 6.10. The van der Waals surface area contributed by atoms with Crippen LogP contribution in [0.5, 0.6) is 0 Å². The predicted molar refractivity (Wildman–Crippen MR) is 78.8 cm³/mol. The average Bonchev–Trinajstić information content (AvgIpc) is 2.97. The number of carboxylic acid groups (broad SMARTS) is 2. The molecule has 0 saturated heterocycles. The van der Waals surface area contributed by atoms with E-state index >= 15 is 0 Å². The quantitative estimate of drug-likeness (QED) is 0.676. The van der Waals surface area contributed by atoms with Crippen LogP contribution in [0.15, 0.2) is 18.5 Å². The summed E-state index contributed by atoms with van der Waals surface area (Å²) in [5, 5.41) is 22.3. The number of halogens is 3. The fourth-order valence-electron chi connectivity index (χ4n) is 2.64. The highest BCUT2D eigenvalue weighted by Gasteiger charge is 2.35. The third kappa shape index (κ3) is 2.62. The minimum absolute atomic E-state index is 0.0144. The van der Waals surface area contributed by atoms with E-state index in [-0.39, 0.29) is 11.5 Å². The zero-order valence-electron chi connectivity index (χ0n) is 12.9. The van der Waals surface area contributed by atoms with E-state index in [0.29, 0.717) is 12.1 Å². The average molecular weight is 366 g/mol. The molecule has 2 N–H and O–H groups in total. The van der Waals surface area contributed by atoms with Gasteiger partial charge in [-0.05, 0) is 6.92 Å². The molecular weight excluding hydrogens is 357 g/mol. The molecule has 0 fully saturated rings. The van der Waals surface area contributed by atoms with Gasteiger partial charge in [-0.15, -0.1) is 0 Å². The minimum Gasteiger partial charge on any atom is -0.480 e. The van der Waals surface area contributed by atoms with Crippen LogP contribution in [-0.4, -0.2) is 41.7 Å². The zero-order chi connectivity index (χ0) is 19.2. The molecule has 26 heavy (non-hydrogen) atoms. The number of benzene rings is 1. The molecule has 0 atom stereocenters. The lowest BCUT2D eigenvalue weighted by atomic mass is 9.93. The van der Waals surface area contributed by atoms with E-state index in [0.717, 1.165) is 10.8 Å². The molecule has 0 amide bonds. The monoisotopic (exact) mass is 366 g/mol. The number of rotatable bonds is 4. The van der Waals surface area contributed by atoms with Gasteiger partial charge < -0.3 is 10.2 Å². The summed E-state index contributed by atoms with van der Waals surface area (Å²) in [6.45, 7) is 1.32. The van der Waals surface area contributed by atoms with Crippen molar-refractivity contribution in [2.75, 3.05) is 0 Å². The fraction of sp³-hybridized carbons (Fsp3) is 0.133. The predicted octanol–water partition coefficient (Wildman–Crippen LogP) is 1.77. The first kappa shape index (κ1) is 17.3. The van der Waals surface area contributed by atoms with E-state index in [1.165, 1.54) is 6.92 Å². The topological polar surface area (TPSA) is 118 Å². The zero-order valence-corrected chi connectivity index (χ0v) is 12.9. The maximum absolute atomic E-state index is 14.3. The van der Waals surface area contributed by atoms with E-state index in [1.807, 2.05) is 0 Å². The summed E-state index contributed by atoms with van der Waals surface area (Å²) < 4.78 is 42.9. The number of hydrogen-bond acceptors (Lipinski definition) is 5. The van der Waals surface area contributed by atoms with Crippen LogP contribution in [0.1, 0.15) is 17.3 Å². The van der Waals surface area contributed by atoms with Crippen molar-refractivity contribution in [3.8, 4) is 11.1 Å². The summed E-state index contributed by atoms with van der Waals surface area (Å²) >= 11 is 0. The fourth-order valence-corrected chi connectivity index (χ4v) is 2.64. The number of carbonyl (C=O) groups is 2. The van der Waals surface area contributed by atoms with Crippen molar-refractivity contribution in [1.29, 1.82) is 0 Å². The molecule has 2 aromatic heterocycles. The maximum atomic E-state index is 14.3. The van der Waals surface area contributed by atoms with Crippen LogP contribution in [0.25, 0.3) is 16.9 Å². The van der Waals surface area contributed by atoms with Crippen LogP contribution < -0.4 is 0 Å². The molecule has 0 aliphatic carbocycles. The lowest BCUT2D eigenvalue weighted by Crippen LogP contribution is -2.24. The van der Waals surface area contributed by atoms with Gasteiger partial charge in [0, 0.05) is 17.7 Å². The van der Waals surface area contributed by atoms with Crippen molar-refractivity contribution in [2.24, 2.45) is 0 Å². The van der Waals surface area contributed by atoms with Gasteiger partial charge in [0.15, 0.2) is 5.92 Å². The van der Waals surface area contributed by atoms with Gasteiger partial charge in [0.1, 0.15) is 23.8 Å². The number of aliphatic carboxylic acids is 2. The maximum Gasteiger partial charge on any atom is 0.324 e. The van der Waals surface area contributed by atoms with Gasteiger partial charge in [-0.2, -0.15) is 10.1 Å². The summed E-state index contributed by atoms with van der Waals surface area (Å²) in [5.41, 5.74) is -1.92. The first-order valence-electron chi connectivity index (χ1n) is 7.03. The Morgan fingerprint density at radius 1 is 1.08 bits per heavy atom. The number of fused-ring (bicyclic) bond motifs is 1. The highest BCUT2D eigenvalue weighted by molar-refractivity contribution is 6.00. The molecule has 134 valence electrons. The van der Waals surface area contributed by atoms with Crippen LogP contribution in [0, 0.1) is 24.4 Å². The third-order valence-electron chi connectivity index (χ3n) is 3.71. The van der Waals surface area contributed by atoms with E-state index < -0.39 is 52.1 Å². The Kier molecular flexibility index (Phi) is 4.06. The Morgan fingerprint density at radius 2 is 1.65 bits per heavy atom. The molecule has 8 nitrogen and oxygen atoms in total. The lowest BCUT2D eigenvalue weighted by molar-refractivity contribution is -0.150. The van der Waals surface area contributed by atoms with Gasteiger partial charge >= 0.3 is 11.9 Å². The van der Waals surface area contributed by atoms with E-state index in [4.69, 9.17) is 0 Å². The smallest absolute Gasteiger partial charge is 0.324 e. The summed E-state index contributed by atoms with van der Waals surface area (Å²) in [7, 11) is 0. The van der Waals surface area contributed by atoms with Crippen molar-refractivity contribution >= 4 is 17.7 Å². The number of carboxylic acids is 2. The van der Waals surface area contributed by atoms with E-state index in [9.17, 15) is 33.0 Å². The van der Waals surface area contributed by atoms with Crippen LogP contribution in [0.2, 0.25) is 0 Å². The van der Waals surface area contributed by atoms with Crippen molar-refractivity contribution in [3.05, 3.63) is 47.3 Å². The SMILES string of the molecule is Cc1c(-c2c(F)cc(F)cc2F)c(C(C(=O)O)C(=O)O)nc2ncnn12. The first-order chi connectivity index (χ1) is 12.2. The van der Waals surface area contributed by atoms with Gasteiger partial charge in [-0.3, -0.25) is 9.59 Å². The largest absolute Gasteiger partial charge is 0.480 e. The molecule has 0 spiro atoms. The molecule has 11 heteroatoms. The van der Waals surface area contributed by atoms with Gasteiger partial charge in [-0.25, -0.2) is 22.7 Å². The molecule has 3 rings (SSSR count). The van der Waals surface area contributed by atoms with Gasteiger partial charge in [-0.1, -0.05) is 0 Å². The second-order valence-corrected chi connectivity index (χ2v) is 5.28. The molecule has 0 saturated carbocycles. The van der Waals surface area contributed by atoms with E-state index in [2.05, 4.69) is 15.1 Å². The van der Waals surface area contributed by atoms with Crippen molar-refractivity contribution in [3.63, 3.8) is 0 Å². The van der Waals surface area contributed by atoms with Gasteiger partial charge in [0.25, 0.3) is 5.78 Å². The summed E-state index contributed by atoms with van der Waals surface area (Å²) in [4.78, 5) is 30.4. The van der Waals surface area contributed by atoms with Crippen LogP contribution in [0.3, 0.4) is 0 Å². The van der Waals surface area contributed by atoms with Crippen LogP contribution in [-0.2, 0) is 9.59 Å². The van der Waals surface area contributed by atoms with Crippen molar-refractivity contribution in [1.82, 2.24) is 19.6 Å². The van der Waals surface area contributed by atoms with Gasteiger partial charge in [0.2, 0.25) is 0 Å². The summed E-state index contributed by atoms with van der Waals surface area (Å²) in [6.07, 6.45) is 1.05. The Hall–Kier alpha value is -3.50. The van der Waals surface area contributed by atoms with E-state index in [1.54, 1.807) is 0 Å². The van der Waals surface area contributed by atoms with Crippen molar-refractivity contribution < 1.29 is 33.0 Å². The lowest BCUT2D eigenvalue weighted by Gasteiger charge is -2.17. The molecule has 3 aromatic rings. The van der Waals surface area contributed by atoms with Gasteiger partial charge in [0.05, 0.1) is 17.0 Å². The molecule has 0 bridgehead atoms. The molecule has 0 radical (unpaired) electrons. The Balaban J connectivity index is 2.48. The molecule has 0 aliphatic heterocycles. The van der Waals surface area contributed by atoms with Crippen LogP contribution >= 0.6 is 0 Å². The van der Waals surface area contributed by atoms with Crippen LogP contribution in [0.4, 0.5) is 13.2 Å². The number of aryl methyl sites for hydroxylation is 1. The standard InChI is InChI=1S/C15H9F3N4O4/c1-5-9(10-7(17)2-6(16)3-8(10)18)12(11(13(23)24)14(25)26)21-15-19-4-20-22(5)15/h2-4,11H,1H3,(H,23,24)(H,25,26). The Labute approximate surface area is 142 Å². The number of nitrogens with zero attached hydrogens (tertiary/aromatic N) is 4. The summed E-state index contributed by atoms with van der Waals surface area (Å²) in [6, 6.07) is 0.785. The highest BCUT2D eigenvalue weighted by atomic mass is 19.1. The molecule has 1 aromatic carbocycles.